The van der Waals surface area contributed by atoms with Gasteiger partial charge in [-0.1, -0.05) is 17.7 Å². The maximum atomic E-state index is 13.1. The Balaban J connectivity index is 1.47. The zero-order chi connectivity index (χ0) is 19.8. The van der Waals surface area contributed by atoms with Crippen LogP contribution in [0.5, 0.6) is 0 Å². The van der Waals surface area contributed by atoms with Crippen LogP contribution >= 0.6 is 22.9 Å². The second-order valence-electron chi connectivity index (χ2n) is 6.69. The molecule has 5 rings (SSSR count). The fourth-order valence-electron chi connectivity index (χ4n) is 3.39. The second-order valence-corrected chi connectivity index (χ2v) is 8.03. The van der Waals surface area contributed by atoms with Crippen molar-refractivity contribution in [3.63, 3.8) is 0 Å². The van der Waals surface area contributed by atoms with E-state index in [0.717, 1.165) is 32.4 Å². The standard InChI is InChI=1S/C22H15ClN4OS/c23-16-2-4-19-15(11-16)1-3-17(26-19)7-10-27-22(28)21-18(13-29-20(21)12-25-27)14-5-8-24-9-6-14/h1-6,8-9,11-13H,7,10H2. The van der Waals surface area contributed by atoms with Gasteiger partial charge in [-0.25, -0.2) is 4.68 Å². The molecule has 142 valence electrons. The zero-order valence-corrected chi connectivity index (χ0v) is 16.8. The first-order valence-electron chi connectivity index (χ1n) is 9.12. The van der Waals surface area contributed by atoms with Crippen LogP contribution in [-0.4, -0.2) is 19.7 Å². The van der Waals surface area contributed by atoms with Gasteiger partial charge in [-0.2, -0.15) is 5.10 Å². The van der Waals surface area contributed by atoms with E-state index in [2.05, 4.69) is 15.1 Å². The fourth-order valence-corrected chi connectivity index (χ4v) is 4.50. The molecular formula is C22H15ClN4OS. The maximum Gasteiger partial charge on any atom is 0.276 e. The topological polar surface area (TPSA) is 60.7 Å². The molecule has 0 unspecified atom stereocenters. The summed E-state index contributed by atoms with van der Waals surface area (Å²) in [6.07, 6.45) is 5.85. The smallest absolute Gasteiger partial charge is 0.267 e. The molecule has 4 heterocycles. The Morgan fingerprint density at radius 2 is 1.93 bits per heavy atom. The van der Waals surface area contributed by atoms with Crippen molar-refractivity contribution in [1.82, 2.24) is 19.7 Å². The van der Waals surface area contributed by atoms with Crippen LogP contribution in [-0.2, 0) is 13.0 Å². The summed E-state index contributed by atoms with van der Waals surface area (Å²) in [6, 6.07) is 13.4. The number of rotatable bonds is 4. The third-order valence-electron chi connectivity index (χ3n) is 4.86. The summed E-state index contributed by atoms with van der Waals surface area (Å²) < 4.78 is 2.41. The Bertz CT molecular complexity index is 1390. The first-order valence-corrected chi connectivity index (χ1v) is 10.4. The molecule has 4 aromatic heterocycles. The average Bonchev–Trinajstić information content (AvgIpc) is 3.19. The minimum absolute atomic E-state index is 0.0804. The lowest BCUT2D eigenvalue weighted by atomic mass is 10.1. The fraction of sp³-hybridized carbons (Fsp3) is 0.0909. The highest BCUT2D eigenvalue weighted by Crippen LogP contribution is 2.30. The lowest BCUT2D eigenvalue weighted by Gasteiger charge is -2.07. The first kappa shape index (κ1) is 18.0. The lowest BCUT2D eigenvalue weighted by molar-refractivity contribution is 0.580. The average molecular weight is 419 g/mol. The molecule has 0 aliphatic heterocycles. The van der Waals surface area contributed by atoms with Crippen LogP contribution in [0.25, 0.3) is 32.1 Å². The summed E-state index contributed by atoms with van der Waals surface area (Å²) in [6.45, 7) is 0.465. The Hall–Kier alpha value is -3.09. The van der Waals surface area contributed by atoms with Crippen LogP contribution in [0.1, 0.15) is 5.69 Å². The predicted molar refractivity (Wildman–Crippen MR) is 118 cm³/mol. The van der Waals surface area contributed by atoms with E-state index in [9.17, 15) is 4.79 Å². The number of fused-ring (bicyclic) bond motifs is 2. The molecule has 0 amide bonds. The van der Waals surface area contributed by atoms with Crippen molar-refractivity contribution in [2.75, 3.05) is 0 Å². The van der Waals surface area contributed by atoms with Gasteiger partial charge in [0, 0.05) is 45.9 Å². The molecule has 0 fully saturated rings. The largest absolute Gasteiger partial charge is 0.276 e. The van der Waals surface area contributed by atoms with Gasteiger partial charge in [0.05, 0.1) is 28.3 Å². The Morgan fingerprint density at radius 1 is 1.07 bits per heavy atom. The van der Waals surface area contributed by atoms with E-state index in [4.69, 9.17) is 11.6 Å². The van der Waals surface area contributed by atoms with Crippen LogP contribution in [0.15, 0.2) is 71.2 Å². The van der Waals surface area contributed by atoms with Crippen LogP contribution in [0.4, 0.5) is 0 Å². The van der Waals surface area contributed by atoms with Gasteiger partial charge in [0.25, 0.3) is 5.56 Å². The highest BCUT2D eigenvalue weighted by molar-refractivity contribution is 7.17. The number of hydrogen-bond donors (Lipinski definition) is 0. The molecule has 0 spiro atoms. The molecule has 0 bridgehead atoms. The first-order chi connectivity index (χ1) is 14.2. The molecule has 0 radical (unpaired) electrons. The van der Waals surface area contributed by atoms with Crippen molar-refractivity contribution in [2.24, 2.45) is 0 Å². The predicted octanol–water partition coefficient (Wildman–Crippen LogP) is 4.96. The molecule has 0 N–H and O–H groups in total. The van der Waals surface area contributed by atoms with Crippen molar-refractivity contribution < 1.29 is 0 Å². The maximum absolute atomic E-state index is 13.1. The number of nitrogens with zero attached hydrogens (tertiary/aromatic N) is 4. The van der Waals surface area contributed by atoms with Crippen molar-refractivity contribution >= 4 is 43.9 Å². The number of benzene rings is 1. The van der Waals surface area contributed by atoms with Gasteiger partial charge in [-0.05, 0) is 42.0 Å². The highest BCUT2D eigenvalue weighted by atomic mass is 35.5. The molecule has 0 saturated heterocycles. The molecule has 0 aliphatic rings. The van der Waals surface area contributed by atoms with Crippen molar-refractivity contribution in [3.05, 3.63) is 87.5 Å². The second kappa shape index (κ2) is 7.39. The van der Waals surface area contributed by atoms with E-state index in [-0.39, 0.29) is 5.56 Å². The van der Waals surface area contributed by atoms with Crippen LogP contribution in [0, 0.1) is 0 Å². The lowest BCUT2D eigenvalue weighted by Crippen LogP contribution is -2.23. The van der Waals surface area contributed by atoms with Crippen molar-refractivity contribution in [3.8, 4) is 11.1 Å². The number of aromatic nitrogens is 4. The van der Waals surface area contributed by atoms with Crippen LogP contribution in [0.3, 0.4) is 0 Å². The molecule has 5 aromatic rings. The molecule has 0 atom stereocenters. The van der Waals surface area contributed by atoms with Gasteiger partial charge in [0.2, 0.25) is 0 Å². The SMILES string of the molecule is O=c1c2c(-c3ccncc3)csc2cnn1CCc1ccc2cc(Cl)ccc2n1. The number of aryl methyl sites for hydroxylation is 2. The highest BCUT2D eigenvalue weighted by Gasteiger charge is 2.13. The quantitative estimate of drug-likeness (QED) is 0.413. The Labute approximate surface area is 175 Å². The Kier molecular flexibility index (Phi) is 4.58. The Morgan fingerprint density at radius 3 is 2.79 bits per heavy atom. The number of halogens is 1. The van der Waals surface area contributed by atoms with E-state index < -0.39 is 0 Å². The minimum Gasteiger partial charge on any atom is -0.267 e. The van der Waals surface area contributed by atoms with Crippen LogP contribution in [0.2, 0.25) is 5.02 Å². The van der Waals surface area contributed by atoms with E-state index >= 15 is 0 Å². The number of hydrogen-bond acceptors (Lipinski definition) is 5. The molecular weight excluding hydrogens is 404 g/mol. The zero-order valence-electron chi connectivity index (χ0n) is 15.2. The molecule has 1 aromatic carbocycles. The molecule has 29 heavy (non-hydrogen) atoms. The van der Waals surface area contributed by atoms with E-state index in [1.54, 1.807) is 18.6 Å². The summed E-state index contributed by atoms with van der Waals surface area (Å²) in [7, 11) is 0. The van der Waals surface area contributed by atoms with E-state index in [0.29, 0.717) is 23.4 Å². The summed E-state index contributed by atoms with van der Waals surface area (Å²) >= 11 is 7.56. The third kappa shape index (κ3) is 3.41. The monoisotopic (exact) mass is 418 g/mol. The van der Waals surface area contributed by atoms with Crippen molar-refractivity contribution in [1.29, 1.82) is 0 Å². The summed E-state index contributed by atoms with van der Waals surface area (Å²) in [5, 5.41) is 8.76. The van der Waals surface area contributed by atoms with E-state index in [1.807, 2.05) is 47.8 Å². The van der Waals surface area contributed by atoms with Gasteiger partial charge in [0.1, 0.15) is 0 Å². The van der Waals surface area contributed by atoms with Gasteiger partial charge >= 0.3 is 0 Å². The normalized spacial score (nSPS) is 11.3. The molecule has 0 saturated carbocycles. The van der Waals surface area contributed by atoms with Crippen LogP contribution < -0.4 is 5.56 Å². The summed E-state index contributed by atoms with van der Waals surface area (Å²) in [5.74, 6) is 0. The minimum atomic E-state index is -0.0804. The molecule has 7 heteroatoms. The summed E-state index contributed by atoms with van der Waals surface area (Å²) in [5.41, 5.74) is 3.63. The van der Waals surface area contributed by atoms with Gasteiger partial charge in [-0.15, -0.1) is 11.3 Å². The van der Waals surface area contributed by atoms with Crippen molar-refractivity contribution in [2.45, 2.75) is 13.0 Å². The van der Waals surface area contributed by atoms with Gasteiger partial charge in [0.15, 0.2) is 0 Å². The number of thiophene rings is 1. The third-order valence-corrected chi connectivity index (χ3v) is 6.01. The van der Waals surface area contributed by atoms with Gasteiger partial charge < -0.3 is 0 Å². The number of pyridine rings is 2. The summed E-state index contributed by atoms with van der Waals surface area (Å²) in [4.78, 5) is 21.8. The van der Waals surface area contributed by atoms with E-state index in [1.165, 1.54) is 16.0 Å². The molecule has 5 nitrogen and oxygen atoms in total. The molecule has 0 aliphatic carbocycles. The van der Waals surface area contributed by atoms with Gasteiger partial charge in [-0.3, -0.25) is 14.8 Å².